The van der Waals surface area contributed by atoms with E-state index in [0.29, 0.717) is 12.6 Å². The van der Waals surface area contributed by atoms with Gasteiger partial charge in [0, 0.05) is 5.69 Å². The molecule has 0 aliphatic heterocycles. The van der Waals surface area contributed by atoms with Gasteiger partial charge >= 0.3 is 6.01 Å². The van der Waals surface area contributed by atoms with Gasteiger partial charge in [-0.25, -0.2) is 0 Å². The van der Waals surface area contributed by atoms with Crippen LogP contribution in [0.2, 0.25) is 0 Å². The Labute approximate surface area is 112 Å². The van der Waals surface area contributed by atoms with Gasteiger partial charge < -0.3 is 15.8 Å². The first-order chi connectivity index (χ1) is 9.08. The number of nitrogen functional groups attached to an aromatic ring is 1. The molecule has 0 atom stereocenters. The van der Waals surface area contributed by atoms with Crippen molar-refractivity contribution in [3.05, 3.63) is 29.3 Å². The minimum absolute atomic E-state index is 0.129. The zero-order valence-corrected chi connectivity index (χ0v) is 11.3. The van der Waals surface area contributed by atoms with E-state index in [4.69, 9.17) is 10.5 Å². The number of hydrogen-bond donors (Lipinski definition) is 2. The smallest absolute Gasteiger partial charge is 0.323 e. The van der Waals surface area contributed by atoms with E-state index in [-0.39, 0.29) is 12.0 Å². The zero-order valence-electron chi connectivity index (χ0n) is 11.3. The van der Waals surface area contributed by atoms with Gasteiger partial charge in [-0.3, -0.25) is 0 Å². The first-order valence-electron chi connectivity index (χ1n) is 6.07. The third-order valence-corrected chi connectivity index (χ3v) is 2.67. The van der Waals surface area contributed by atoms with Crippen LogP contribution in [-0.4, -0.2) is 21.6 Å². The van der Waals surface area contributed by atoms with Gasteiger partial charge in [-0.1, -0.05) is 6.07 Å². The second kappa shape index (κ2) is 5.51. The first-order valence-corrected chi connectivity index (χ1v) is 6.07. The Morgan fingerprint density at radius 3 is 2.63 bits per heavy atom. The van der Waals surface area contributed by atoms with Crippen LogP contribution < -0.4 is 15.8 Å². The summed E-state index contributed by atoms with van der Waals surface area (Å²) in [4.78, 5) is 12.1. The number of nitrogens with zero attached hydrogens (tertiary/aromatic N) is 3. The third-order valence-electron chi connectivity index (χ3n) is 2.67. The number of nitrogens with one attached hydrogen (secondary N) is 1. The molecule has 6 heteroatoms. The molecule has 3 N–H and O–H groups in total. The van der Waals surface area contributed by atoms with Gasteiger partial charge in [-0.15, -0.1) is 0 Å². The average Bonchev–Trinajstić information content (AvgIpc) is 2.33. The summed E-state index contributed by atoms with van der Waals surface area (Å²) in [5.74, 6) is 0.504. The van der Waals surface area contributed by atoms with Crippen molar-refractivity contribution in [1.82, 2.24) is 15.0 Å². The van der Waals surface area contributed by atoms with Crippen molar-refractivity contribution in [3.63, 3.8) is 0 Å². The number of rotatable bonds is 4. The van der Waals surface area contributed by atoms with Gasteiger partial charge in [0.1, 0.15) is 0 Å². The standard InChI is InChI=1S/C13H17N5O/c1-4-19-13-17-11(14)16-12(18-13)15-10-6-5-8(2)9(3)7-10/h5-7H,4H2,1-3H3,(H3,14,15,16,17,18). The lowest BCUT2D eigenvalue weighted by Crippen LogP contribution is -2.06. The average molecular weight is 259 g/mol. The summed E-state index contributed by atoms with van der Waals surface area (Å²) in [6, 6.07) is 6.24. The molecular weight excluding hydrogens is 242 g/mol. The molecule has 6 nitrogen and oxygen atoms in total. The largest absolute Gasteiger partial charge is 0.464 e. The highest BCUT2D eigenvalue weighted by Crippen LogP contribution is 2.18. The van der Waals surface area contributed by atoms with Gasteiger partial charge in [0.15, 0.2) is 0 Å². The molecule has 19 heavy (non-hydrogen) atoms. The van der Waals surface area contributed by atoms with E-state index in [1.807, 2.05) is 32.0 Å². The summed E-state index contributed by atoms with van der Waals surface area (Å²) in [6.45, 7) is 6.45. The Balaban J connectivity index is 2.24. The molecule has 100 valence electrons. The molecule has 1 heterocycles. The van der Waals surface area contributed by atoms with E-state index in [1.54, 1.807) is 0 Å². The molecular formula is C13H17N5O. The van der Waals surface area contributed by atoms with Crippen molar-refractivity contribution >= 4 is 17.6 Å². The summed E-state index contributed by atoms with van der Waals surface area (Å²) < 4.78 is 5.23. The maximum absolute atomic E-state index is 5.62. The maximum atomic E-state index is 5.62. The predicted octanol–water partition coefficient (Wildman–Crippen LogP) is 2.21. The van der Waals surface area contributed by atoms with Gasteiger partial charge in [-0.05, 0) is 44.0 Å². The Hall–Kier alpha value is -2.37. The summed E-state index contributed by atoms with van der Waals surface area (Å²) in [7, 11) is 0. The van der Waals surface area contributed by atoms with Crippen LogP contribution in [0.25, 0.3) is 0 Å². The minimum Gasteiger partial charge on any atom is -0.464 e. The number of aromatic nitrogens is 3. The van der Waals surface area contributed by atoms with E-state index in [2.05, 4.69) is 27.2 Å². The van der Waals surface area contributed by atoms with Gasteiger partial charge in [0.25, 0.3) is 0 Å². The normalized spacial score (nSPS) is 10.3. The van der Waals surface area contributed by atoms with Crippen molar-refractivity contribution in [1.29, 1.82) is 0 Å². The topological polar surface area (TPSA) is 86.0 Å². The number of nitrogens with two attached hydrogens (primary N) is 1. The van der Waals surface area contributed by atoms with Crippen LogP contribution in [0, 0.1) is 13.8 Å². The predicted molar refractivity (Wildman–Crippen MR) is 74.6 cm³/mol. The monoisotopic (exact) mass is 259 g/mol. The van der Waals surface area contributed by atoms with Crippen LogP contribution in [0.5, 0.6) is 6.01 Å². The first kappa shape index (κ1) is 13.1. The molecule has 2 rings (SSSR count). The number of anilines is 3. The molecule has 0 aliphatic rings. The molecule has 0 fully saturated rings. The second-order valence-corrected chi connectivity index (χ2v) is 4.16. The number of ether oxygens (including phenoxy) is 1. The maximum Gasteiger partial charge on any atom is 0.323 e. The fourth-order valence-corrected chi connectivity index (χ4v) is 1.57. The minimum atomic E-state index is 0.129. The summed E-state index contributed by atoms with van der Waals surface area (Å²) in [5.41, 5.74) is 8.94. The lowest BCUT2D eigenvalue weighted by atomic mass is 10.1. The van der Waals surface area contributed by atoms with E-state index in [1.165, 1.54) is 11.1 Å². The van der Waals surface area contributed by atoms with Gasteiger partial charge in [-0.2, -0.15) is 15.0 Å². The third kappa shape index (κ3) is 3.31. The highest BCUT2D eigenvalue weighted by Gasteiger charge is 2.05. The van der Waals surface area contributed by atoms with Crippen LogP contribution in [0.3, 0.4) is 0 Å². The molecule has 0 unspecified atom stereocenters. The Kier molecular flexibility index (Phi) is 3.79. The Morgan fingerprint density at radius 1 is 1.16 bits per heavy atom. The van der Waals surface area contributed by atoms with E-state index in [0.717, 1.165) is 5.69 Å². The highest BCUT2D eigenvalue weighted by atomic mass is 16.5. The Bertz CT molecular complexity index is 585. The fourth-order valence-electron chi connectivity index (χ4n) is 1.57. The SMILES string of the molecule is CCOc1nc(N)nc(Nc2ccc(C)c(C)c2)n1. The molecule has 0 amide bonds. The van der Waals surface area contributed by atoms with Crippen molar-refractivity contribution in [2.75, 3.05) is 17.7 Å². The van der Waals surface area contributed by atoms with Crippen LogP contribution in [-0.2, 0) is 0 Å². The number of hydrogen-bond acceptors (Lipinski definition) is 6. The second-order valence-electron chi connectivity index (χ2n) is 4.16. The summed E-state index contributed by atoms with van der Waals surface area (Å²) in [5, 5.41) is 3.09. The molecule has 2 aromatic rings. The molecule has 0 spiro atoms. The fraction of sp³-hybridized carbons (Fsp3) is 0.308. The highest BCUT2D eigenvalue weighted by molar-refractivity contribution is 5.56. The molecule has 1 aromatic carbocycles. The quantitative estimate of drug-likeness (QED) is 0.875. The van der Waals surface area contributed by atoms with Crippen molar-refractivity contribution in [2.45, 2.75) is 20.8 Å². The van der Waals surface area contributed by atoms with Crippen molar-refractivity contribution in [2.24, 2.45) is 0 Å². The Morgan fingerprint density at radius 2 is 1.95 bits per heavy atom. The lowest BCUT2D eigenvalue weighted by molar-refractivity contribution is 0.312. The van der Waals surface area contributed by atoms with Crippen molar-refractivity contribution < 1.29 is 4.74 Å². The van der Waals surface area contributed by atoms with Crippen LogP contribution in [0.4, 0.5) is 17.6 Å². The van der Waals surface area contributed by atoms with Crippen molar-refractivity contribution in [3.8, 4) is 6.01 Å². The van der Waals surface area contributed by atoms with E-state index in [9.17, 15) is 0 Å². The van der Waals surface area contributed by atoms with Crippen LogP contribution in [0.15, 0.2) is 18.2 Å². The number of aryl methyl sites for hydroxylation is 2. The molecule has 1 aromatic heterocycles. The van der Waals surface area contributed by atoms with Gasteiger partial charge in [0.2, 0.25) is 11.9 Å². The van der Waals surface area contributed by atoms with Gasteiger partial charge in [0.05, 0.1) is 6.61 Å². The molecule has 0 aliphatic carbocycles. The van der Waals surface area contributed by atoms with Crippen LogP contribution in [0.1, 0.15) is 18.1 Å². The lowest BCUT2D eigenvalue weighted by Gasteiger charge is -2.08. The van der Waals surface area contributed by atoms with E-state index < -0.39 is 0 Å². The van der Waals surface area contributed by atoms with E-state index >= 15 is 0 Å². The molecule has 0 bridgehead atoms. The molecule has 0 saturated heterocycles. The summed E-state index contributed by atoms with van der Waals surface area (Å²) >= 11 is 0. The summed E-state index contributed by atoms with van der Waals surface area (Å²) in [6.07, 6.45) is 0. The molecule has 0 saturated carbocycles. The zero-order chi connectivity index (χ0) is 13.8. The van der Waals surface area contributed by atoms with Crippen LogP contribution >= 0.6 is 0 Å². The number of benzene rings is 1. The molecule has 0 radical (unpaired) electrons.